The molecule has 1 saturated carbocycles. The van der Waals surface area contributed by atoms with Crippen LogP contribution in [0, 0.1) is 0 Å². The van der Waals surface area contributed by atoms with Crippen molar-refractivity contribution in [2.75, 3.05) is 4.90 Å². The molecule has 0 amide bonds. The van der Waals surface area contributed by atoms with Crippen LogP contribution in [0.2, 0.25) is 0 Å². The number of aromatic nitrogens is 2. The Morgan fingerprint density at radius 3 is 2.36 bits per heavy atom. The van der Waals surface area contributed by atoms with Gasteiger partial charge in [-0.05, 0) is 111 Å². The molecule has 3 heterocycles. The summed E-state index contributed by atoms with van der Waals surface area (Å²) < 4.78 is 8.33. The van der Waals surface area contributed by atoms with Crippen LogP contribution in [0.5, 0.6) is 11.5 Å². The highest BCUT2D eigenvalue weighted by Gasteiger charge is 2.42. The summed E-state index contributed by atoms with van der Waals surface area (Å²) in [6, 6.07) is 25.3. The van der Waals surface area contributed by atoms with Gasteiger partial charge in [0.15, 0.2) is 5.11 Å². The lowest BCUT2D eigenvalue weighted by Crippen LogP contribution is -2.30. The lowest BCUT2D eigenvalue weighted by atomic mass is 10.0. The molecule has 1 aliphatic heterocycles. The molecular weight excluding hydrogens is 468 g/mol. The van der Waals surface area contributed by atoms with E-state index in [1.54, 1.807) is 12.1 Å². The second-order valence-electron chi connectivity index (χ2n) is 9.33. The summed E-state index contributed by atoms with van der Waals surface area (Å²) in [6.45, 7) is 0. The minimum Gasteiger partial charge on any atom is -0.508 e. The van der Waals surface area contributed by atoms with Gasteiger partial charge in [0, 0.05) is 29.5 Å². The maximum absolute atomic E-state index is 9.80. The number of pyridine rings is 1. The highest BCUT2D eigenvalue weighted by molar-refractivity contribution is 7.80. The van der Waals surface area contributed by atoms with Crippen molar-refractivity contribution >= 4 is 23.0 Å². The zero-order chi connectivity index (χ0) is 24.5. The zero-order valence-corrected chi connectivity index (χ0v) is 20.6. The Labute approximate surface area is 216 Å². The Kier molecular flexibility index (Phi) is 6.07. The molecule has 2 fully saturated rings. The third kappa shape index (κ3) is 4.31. The van der Waals surface area contributed by atoms with Gasteiger partial charge in [0.2, 0.25) is 0 Å². The van der Waals surface area contributed by atoms with E-state index in [2.05, 4.69) is 38.0 Å². The van der Waals surface area contributed by atoms with Gasteiger partial charge in [-0.1, -0.05) is 6.07 Å². The molecule has 0 unspecified atom stereocenters. The van der Waals surface area contributed by atoms with Gasteiger partial charge in [0.25, 0.3) is 0 Å². The van der Waals surface area contributed by atoms with Gasteiger partial charge in [-0.25, -0.2) is 0 Å². The fourth-order valence-electron chi connectivity index (χ4n) is 5.30. The first-order valence-electron chi connectivity index (χ1n) is 12.4. The summed E-state index contributed by atoms with van der Waals surface area (Å²) in [4.78, 5) is 6.82. The van der Waals surface area contributed by atoms with Crippen LogP contribution >= 0.6 is 12.2 Å². The first kappa shape index (κ1) is 22.6. The van der Waals surface area contributed by atoms with Crippen LogP contribution in [0.4, 0.5) is 5.69 Å². The predicted octanol–water partition coefficient (Wildman–Crippen LogP) is 6.08. The van der Waals surface area contributed by atoms with Crippen LogP contribution < -0.4 is 15.0 Å². The summed E-state index contributed by atoms with van der Waals surface area (Å²) in [5.41, 5.74) is 3.95. The summed E-state index contributed by atoms with van der Waals surface area (Å²) >= 11 is 5.89. The van der Waals surface area contributed by atoms with Gasteiger partial charge in [-0.3, -0.25) is 4.98 Å². The molecule has 1 aliphatic carbocycles. The number of aromatic hydroxyl groups is 1. The molecule has 2 atom stereocenters. The standard InChI is InChI=1S/C29H28N4O2S/c34-22-14-10-20(11-15-22)32-19-5-9-26(32)28-27(25-8-3-4-18-30-25)31-29(36)33(28)21-12-16-24(17-13-21)35-23-6-1-2-7-23/h3-5,8-19,23,27-28,34H,1-2,6-7H2,(H,31,36)/t27-,28-/m1/s1. The minimum absolute atomic E-state index is 0.140. The van der Waals surface area contributed by atoms with E-state index in [-0.39, 0.29) is 17.8 Å². The summed E-state index contributed by atoms with van der Waals surface area (Å²) in [5.74, 6) is 1.14. The Morgan fingerprint density at radius 1 is 0.889 bits per heavy atom. The SMILES string of the molecule is Oc1ccc(-n2cccc2[C@@H]2[C@@H](c3ccccn3)NC(=S)N2c2ccc(OC3CCCC3)cc2)cc1. The normalized spacial score (nSPS) is 20.0. The average Bonchev–Trinajstić information content (AvgIpc) is 3.66. The van der Waals surface area contributed by atoms with Crippen LogP contribution in [0.1, 0.15) is 49.2 Å². The Balaban J connectivity index is 1.39. The van der Waals surface area contributed by atoms with E-state index >= 15 is 0 Å². The number of hydrogen-bond donors (Lipinski definition) is 2. The molecule has 182 valence electrons. The maximum atomic E-state index is 9.80. The van der Waals surface area contributed by atoms with Crippen molar-refractivity contribution in [3.63, 3.8) is 0 Å². The van der Waals surface area contributed by atoms with Crippen LogP contribution in [-0.4, -0.2) is 25.9 Å². The molecule has 0 radical (unpaired) electrons. The molecule has 2 aromatic carbocycles. The van der Waals surface area contributed by atoms with Crippen LogP contribution in [0.25, 0.3) is 5.69 Å². The molecule has 6 nitrogen and oxygen atoms in total. The number of benzene rings is 2. The predicted molar refractivity (Wildman–Crippen MR) is 145 cm³/mol. The van der Waals surface area contributed by atoms with Gasteiger partial charge in [-0.15, -0.1) is 0 Å². The quantitative estimate of drug-likeness (QED) is 0.316. The zero-order valence-electron chi connectivity index (χ0n) is 19.8. The van der Waals surface area contributed by atoms with Crippen LogP contribution in [0.3, 0.4) is 0 Å². The van der Waals surface area contributed by atoms with Crippen LogP contribution in [0.15, 0.2) is 91.3 Å². The molecule has 4 aromatic rings. The van der Waals surface area contributed by atoms with E-state index in [0.717, 1.165) is 41.4 Å². The highest BCUT2D eigenvalue weighted by Crippen LogP contribution is 2.42. The summed E-state index contributed by atoms with van der Waals surface area (Å²) in [5, 5.41) is 14.0. The summed E-state index contributed by atoms with van der Waals surface area (Å²) in [7, 11) is 0. The minimum atomic E-state index is -0.141. The van der Waals surface area contributed by atoms with Gasteiger partial charge in [-0.2, -0.15) is 0 Å². The van der Waals surface area contributed by atoms with Gasteiger partial charge < -0.3 is 24.6 Å². The van der Waals surface area contributed by atoms with Gasteiger partial charge in [0.1, 0.15) is 17.5 Å². The van der Waals surface area contributed by atoms with Crippen molar-refractivity contribution in [1.82, 2.24) is 14.9 Å². The molecule has 2 aromatic heterocycles. The fraction of sp³-hybridized carbons (Fsp3) is 0.241. The lowest BCUT2D eigenvalue weighted by molar-refractivity contribution is 0.210. The average molecular weight is 497 g/mol. The van der Waals surface area contributed by atoms with Crippen molar-refractivity contribution in [3.05, 3.63) is 103 Å². The van der Waals surface area contributed by atoms with Crippen molar-refractivity contribution in [2.24, 2.45) is 0 Å². The Hall–Kier alpha value is -3.84. The van der Waals surface area contributed by atoms with Crippen LogP contribution in [-0.2, 0) is 0 Å². The number of anilines is 1. The number of hydrogen-bond acceptors (Lipinski definition) is 4. The van der Waals surface area contributed by atoms with E-state index in [9.17, 15) is 5.11 Å². The third-order valence-corrected chi connectivity index (χ3v) is 7.34. The fourth-order valence-corrected chi connectivity index (χ4v) is 5.65. The molecule has 1 saturated heterocycles. The molecule has 36 heavy (non-hydrogen) atoms. The molecule has 0 bridgehead atoms. The first-order chi connectivity index (χ1) is 17.7. The van der Waals surface area contributed by atoms with Gasteiger partial charge >= 0.3 is 0 Å². The number of phenols is 1. The molecule has 6 rings (SSSR count). The van der Waals surface area contributed by atoms with E-state index in [1.807, 2.05) is 60.9 Å². The largest absolute Gasteiger partial charge is 0.508 e. The topological polar surface area (TPSA) is 62.5 Å². The number of phenolic OH excluding ortho intramolecular Hbond substituents is 1. The molecule has 2 aliphatic rings. The summed E-state index contributed by atoms with van der Waals surface area (Å²) in [6.07, 6.45) is 8.92. The monoisotopic (exact) mass is 496 g/mol. The maximum Gasteiger partial charge on any atom is 0.174 e. The smallest absolute Gasteiger partial charge is 0.174 e. The lowest BCUT2D eigenvalue weighted by Gasteiger charge is -2.29. The second-order valence-corrected chi connectivity index (χ2v) is 9.72. The van der Waals surface area contributed by atoms with Crippen molar-refractivity contribution in [3.8, 4) is 17.2 Å². The molecule has 0 spiro atoms. The van der Waals surface area contributed by atoms with Crippen molar-refractivity contribution in [1.29, 1.82) is 0 Å². The number of ether oxygens (including phenoxy) is 1. The van der Waals surface area contributed by atoms with E-state index < -0.39 is 0 Å². The Morgan fingerprint density at radius 2 is 1.64 bits per heavy atom. The molecular formula is C29H28N4O2S. The Bertz CT molecular complexity index is 1330. The van der Waals surface area contributed by atoms with Crippen molar-refractivity contribution in [2.45, 2.75) is 43.9 Å². The first-order valence-corrected chi connectivity index (χ1v) is 12.8. The second kappa shape index (κ2) is 9.66. The highest BCUT2D eigenvalue weighted by atomic mass is 32.1. The third-order valence-electron chi connectivity index (χ3n) is 7.03. The van der Waals surface area contributed by atoms with Gasteiger partial charge in [0.05, 0.1) is 17.8 Å². The number of thiocarbonyl (C=S) groups is 1. The van der Waals surface area contributed by atoms with E-state index in [1.165, 1.54) is 12.8 Å². The molecule has 7 heteroatoms. The number of nitrogens with one attached hydrogen (secondary N) is 1. The number of rotatable bonds is 6. The van der Waals surface area contributed by atoms with E-state index in [4.69, 9.17) is 17.0 Å². The number of nitrogens with zero attached hydrogens (tertiary/aromatic N) is 3. The van der Waals surface area contributed by atoms with Crippen molar-refractivity contribution < 1.29 is 9.84 Å². The van der Waals surface area contributed by atoms with E-state index in [0.29, 0.717) is 11.2 Å². The molecule has 2 N–H and O–H groups in total.